The molecule has 8 heteroatoms. The average molecular weight is 393 g/mol. The Balaban J connectivity index is 1.46. The molecule has 1 aromatic carbocycles. The third-order valence-electron chi connectivity index (χ3n) is 4.90. The van der Waals surface area contributed by atoms with E-state index in [-0.39, 0.29) is 11.2 Å². The number of hydrogen-bond donors (Lipinski definition) is 0. The molecule has 1 aromatic heterocycles. The van der Waals surface area contributed by atoms with Crippen LogP contribution in [0, 0.1) is 0 Å². The van der Waals surface area contributed by atoms with Crippen molar-refractivity contribution in [2.45, 2.75) is 6.42 Å². The van der Waals surface area contributed by atoms with Gasteiger partial charge in [-0.05, 0) is 30.7 Å². The first-order valence-corrected chi connectivity index (χ1v) is 9.46. The number of ether oxygens (including phenoxy) is 1. The predicted octanol–water partition coefficient (Wildman–Crippen LogP) is 1.33. The van der Waals surface area contributed by atoms with E-state index in [1.807, 2.05) is 24.3 Å². The van der Waals surface area contributed by atoms with Crippen molar-refractivity contribution in [1.29, 1.82) is 0 Å². The quantitative estimate of drug-likeness (QED) is 0.694. The molecule has 0 atom stereocenters. The second kappa shape index (κ2) is 8.63. The van der Waals surface area contributed by atoms with Crippen LogP contribution in [0.2, 0.25) is 5.02 Å². The maximum absolute atomic E-state index is 12.1. The van der Waals surface area contributed by atoms with Crippen molar-refractivity contribution >= 4 is 17.4 Å². The van der Waals surface area contributed by atoms with Gasteiger partial charge in [0.15, 0.2) is 0 Å². The fourth-order valence-electron chi connectivity index (χ4n) is 3.23. The van der Waals surface area contributed by atoms with Crippen LogP contribution < -0.4 is 20.9 Å². The number of halogens is 1. The third kappa shape index (κ3) is 4.73. The summed E-state index contributed by atoms with van der Waals surface area (Å²) in [5.41, 5.74) is -0.561. The first kappa shape index (κ1) is 19.5. The largest absolute Gasteiger partial charge is 0.494 e. The summed E-state index contributed by atoms with van der Waals surface area (Å²) in [6.45, 7) is 4.98. The van der Waals surface area contributed by atoms with E-state index in [1.165, 1.54) is 17.7 Å². The summed E-state index contributed by atoms with van der Waals surface area (Å²) in [6.07, 6.45) is 0.937. The molecule has 3 rings (SSSR count). The lowest BCUT2D eigenvalue weighted by Crippen LogP contribution is -2.49. The maximum Gasteiger partial charge on any atom is 0.332 e. The highest BCUT2D eigenvalue weighted by Crippen LogP contribution is 2.16. The Kier molecular flexibility index (Phi) is 6.23. The predicted molar refractivity (Wildman–Crippen MR) is 107 cm³/mol. The summed E-state index contributed by atoms with van der Waals surface area (Å²) in [6, 6.07) is 8.92. The molecular formula is C19H25ClN4O3. The number of aromatic nitrogens is 2. The van der Waals surface area contributed by atoms with Gasteiger partial charge in [0, 0.05) is 57.9 Å². The monoisotopic (exact) mass is 392 g/mol. The van der Waals surface area contributed by atoms with Crippen molar-refractivity contribution in [3.8, 4) is 5.75 Å². The number of benzene rings is 1. The molecule has 1 fully saturated rings. The Morgan fingerprint density at radius 1 is 1.00 bits per heavy atom. The fraction of sp³-hybridized carbons (Fsp3) is 0.474. The smallest absolute Gasteiger partial charge is 0.332 e. The van der Waals surface area contributed by atoms with E-state index in [2.05, 4.69) is 9.80 Å². The van der Waals surface area contributed by atoms with E-state index >= 15 is 0 Å². The van der Waals surface area contributed by atoms with E-state index in [0.29, 0.717) is 17.4 Å². The molecule has 0 spiro atoms. The highest BCUT2D eigenvalue weighted by molar-refractivity contribution is 6.30. The first-order valence-electron chi connectivity index (χ1n) is 9.08. The summed E-state index contributed by atoms with van der Waals surface area (Å²) >= 11 is 5.86. The number of rotatable bonds is 6. The van der Waals surface area contributed by atoms with Crippen LogP contribution in [-0.2, 0) is 14.1 Å². The van der Waals surface area contributed by atoms with E-state index in [1.54, 1.807) is 7.05 Å². The molecule has 0 N–H and O–H groups in total. The minimum atomic E-state index is -0.292. The molecule has 1 aliphatic heterocycles. The summed E-state index contributed by atoms with van der Waals surface area (Å²) in [4.78, 5) is 28.5. The highest BCUT2D eigenvalue weighted by Gasteiger charge is 2.20. The van der Waals surface area contributed by atoms with Gasteiger partial charge in [0.2, 0.25) is 0 Å². The molecule has 0 unspecified atom stereocenters. The Bertz CT molecular complexity index is 883. The van der Waals surface area contributed by atoms with Gasteiger partial charge in [-0.3, -0.25) is 18.8 Å². The van der Waals surface area contributed by atoms with Crippen LogP contribution >= 0.6 is 11.6 Å². The van der Waals surface area contributed by atoms with Crippen LogP contribution in [0.15, 0.2) is 39.9 Å². The zero-order valence-electron chi connectivity index (χ0n) is 15.7. The number of piperazine rings is 1. The van der Waals surface area contributed by atoms with E-state index in [4.69, 9.17) is 16.3 Å². The number of nitrogens with zero attached hydrogens (tertiary/aromatic N) is 4. The second-order valence-corrected chi connectivity index (χ2v) is 7.16. The third-order valence-corrected chi connectivity index (χ3v) is 5.15. The van der Waals surface area contributed by atoms with Crippen LogP contribution in [0.4, 0.5) is 5.82 Å². The lowest BCUT2D eigenvalue weighted by atomic mass is 10.3. The molecule has 0 bridgehead atoms. The van der Waals surface area contributed by atoms with Crippen LogP contribution in [-0.4, -0.2) is 53.4 Å². The lowest BCUT2D eigenvalue weighted by molar-refractivity contribution is 0.224. The molecule has 0 radical (unpaired) electrons. The molecule has 27 heavy (non-hydrogen) atoms. The minimum Gasteiger partial charge on any atom is -0.494 e. The number of hydrogen-bond acceptors (Lipinski definition) is 5. The first-order chi connectivity index (χ1) is 13.0. The van der Waals surface area contributed by atoms with Crippen LogP contribution in [0.25, 0.3) is 0 Å². The molecule has 146 valence electrons. The summed E-state index contributed by atoms with van der Waals surface area (Å²) in [5, 5.41) is 0.703. The molecule has 0 saturated carbocycles. The molecule has 1 aliphatic rings. The standard InChI is InChI=1S/C19H25ClN4O3/c1-21-17(14-18(25)22(2)19(21)26)24-11-9-23(10-12-24)8-3-13-27-16-6-4-15(20)5-7-16/h4-7,14H,3,8-13H2,1-2H3. The van der Waals surface area contributed by atoms with E-state index < -0.39 is 0 Å². The lowest BCUT2D eigenvalue weighted by Gasteiger charge is -2.36. The Labute approximate surface area is 163 Å². The van der Waals surface area contributed by atoms with Gasteiger partial charge in [-0.25, -0.2) is 4.79 Å². The van der Waals surface area contributed by atoms with Crippen molar-refractivity contribution < 1.29 is 4.74 Å². The van der Waals surface area contributed by atoms with Crippen molar-refractivity contribution in [1.82, 2.24) is 14.0 Å². The van der Waals surface area contributed by atoms with Crippen LogP contribution in [0.5, 0.6) is 5.75 Å². The Hall–Kier alpha value is -2.25. The van der Waals surface area contributed by atoms with Gasteiger partial charge in [0.25, 0.3) is 5.56 Å². The van der Waals surface area contributed by atoms with Gasteiger partial charge in [-0.2, -0.15) is 0 Å². The molecular weight excluding hydrogens is 368 g/mol. The van der Waals surface area contributed by atoms with Crippen molar-refractivity contribution in [3.05, 3.63) is 56.2 Å². The molecule has 1 saturated heterocycles. The molecule has 0 aliphatic carbocycles. The minimum absolute atomic E-state index is 0.269. The van der Waals surface area contributed by atoms with Gasteiger partial charge in [0.1, 0.15) is 11.6 Å². The average Bonchev–Trinajstić information content (AvgIpc) is 2.68. The fourth-order valence-corrected chi connectivity index (χ4v) is 3.36. The molecule has 7 nitrogen and oxygen atoms in total. The van der Waals surface area contributed by atoms with Crippen molar-refractivity contribution in [2.75, 3.05) is 44.2 Å². The number of anilines is 1. The zero-order chi connectivity index (χ0) is 19.4. The molecule has 2 heterocycles. The summed E-state index contributed by atoms with van der Waals surface area (Å²) < 4.78 is 8.39. The summed E-state index contributed by atoms with van der Waals surface area (Å²) in [5.74, 6) is 1.52. The van der Waals surface area contributed by atoms with Crippen molar-refractivity contribution in [2.24, 2.45) is 14.1 Å². The van der Waals surface area contributed by atoms with Gasteiger partial charge >= 0.3 is 5.69 Å². The highest BCUT2D eigenvalue weighted by atomic mass is 35.5. The zero-order valence-corrected chi connectivity index (χ0v) is 16.5. The Morgan fingerprint density at radius 3 is 2.33 bits per heavy atom. The van der Waals surface area contributed by atoms with E-state index in [0.717, 1.165) is 49.5 Å². The van der Waals surface area contributed by atoms with Gasteiger partial charge < -0.3 is 9.64 Å². The van der Waals surface area contributed by atoms with Gasteiger partial charge in [-0.15, -0.1) is 0 Å². The van der Waals surface area contributed by atoms with E-state index in [9.17, 15) is 9.59 Å². The van der Waals surface area contributed by atoms with Crippen LogP contribution in [0.1, 0.15) is 6.42 Å². The maximum atomic E-state index is 12.1. The normalized spacial score (nSPS) is 15.1. The summed E-state index contributed by atoms with van der Waals surface area (Å²) in [7, 11) is 3.20. The van der Waals surface area contributed by atoms with Crippen molar-refractivity contribution in [3.63, 3.8) is 0 Å². The van der Waals surface area contributed by atoms with Crippen LogP contribution in [0.3, 0.4) is 0 Å². The van der Waals surface area contributed by atoms with Gasteiger partial charge in [0.05, 0.1) is 6.61 Å². The topological polar surface area (TPSA) is 59.7 Å². The molecule has 2 aromatic rings. The molecule has 0 amide bonds. The Morgan fingerprint density at radius 2 is 1.67 bits per heavy atom. The SMILES string of the molecule is Cn1c(N2CCN(CCCOc3ccc(Cl)cc3)CC2)cc(=O)n(C)c1=O. The van der Waals surface area contributed by atoms with Gasteiger partial charge in [-0.1, -0.05) is 11.6 Å². The second-order valence-electron chi connectivity index (χ2n) is 6.73.